The fourth-order valence-electron chi connectivity index (χ4n) is 1.90. The number of hydrogen-bond acceptors (Lipinski definition) is 4. The molecule has 1 aromatic rings. The molecule has 0 aliphatic heterocycles. The molecule has 1 rings (SSSR count). The zero-order valence-corrected chi connectivity index (χ0v) is 14.2. The van der Waals surface area contributed by atoms with Crippen molar-refractivity contribution in [3.05, 3.63) is 47.7 Å². The van der Waals surface area contributed by atoms with Gasteiger partial charge in [-0.05, 0) is 30.9 Å². The Morgan fingerprint density at radius 3 is 2.64 bits per heavy atom. The average molecular weight is 324 g/mol. The summed E-state index contributed by atoms with van der Waals surface area (Å²) in [6, 6.07) is 7.56. The molecule has 1 N–H and O–H groups in total. The molecule has 5 nitrogen and oxygen atoms in total. The van der Waals surface area contributed by atoms with Crippen molar-refractivity contribution in [3.63, 3.8) is 0 Å². The van der Waals surface area contributed by atoms with E-state index in [-0.39, 0.29) is 5.78 Å². The van der Waals surface area contributed by atoms with E-state index in [4.69, 9.17) is 0 Å². The van der Waals surface area contributed by atoms with Crippen LogP contribution < -0.4 is 4.72 Å². The lowest BCUT2D eigenvalue weighted by Crippen LogP contribution is -2.22. The third kappa shape index (κ3) is 7.95. The maximum absolute atomic E-state index is 12.0. The van der Waals surface area contributed by atoms with Crippen LogP contribution in [0, 0.1) is 0 Å². The van der Waals surface area contributed by atoms with Crippen molar-refractivity contribution in [2.75, 3.05) is 26.9 Å². The second-order valence-corrected chi connectivity index (χ2v) is 7.30. The third-order valence-electron chi connectivity index (χ3n) is 2.99. The molecule has 0 atom stereocenters. The molecule has 0 saturated heterocycles. The molecule has 0 aromatic heterocycles. The smallest absolute Gasteiger partial charge is 0.208 e. The first-order valence-electron chi connectivity index (χ1n) is 7.20. The van der Waals surface area contributed by atoms with Crippen LogP contribution in [-0.4, -0.2) is 46.0 Å². The maximum Gasteiger partial charge on any atom is 0.208 e. The highest BCUT2D eigenvalue weighted by molar-refractivity contribution is 7.88. The van der Waals surface area contributed by atoms with Gasteiger partial charge in [0.25, 0.3) is 0 Å². The first-order chi connectivity index (χ1) is 10.3. The zero-order chi connectivity index (χ0) is 16.6. The van der Waals surface area contributed by atoms with E-state index in [1.165, 1.54) is 0 Å². The van der Waals surface area contributed by atoms with E-state index in [9.17, 15) is 13.2 Å². The van der Waals surface area contributed by atoms with E-state index in [0.717, 1.165) is 31.1 Å². The first-order valence-corrected chi connectivity index (χ1v) is 9.09. The van der Waals surface area contributed by atoms with Gasteiger partial charge in [0, 0.05) is 38.5 Å². The van der Waals surface area contributed by atoms with Gasteiger partial charge in [0.1, 0.15) is 0 Å². The van der Waals surface area contributed by atoms with Crippen LogP contribution >= 0.6 is 0 Å². The summed E-state index contributed by atoms with van der Waals surface area (Å²) in [6.45, 7) is 0.447. The zero-order valence-electron chi connectivity index (χ0n) is 13.4. The molecule has 0 spiro atoms. The van der Waals surface area contributed by atoms with Gasteiger partial charge in [-0.1, -0.05) is 18.2 Å². The summed E-state index contributed by atoms with van der Waals surface area (Å²) >= 11 is 0. The fourth-order valence-corrected chi connectivity index (χ4v) is 2.42. The molecule has 0 bridgehead atoms. The number of carbonyl (C=O) groups is 1. The molecule has 0 fully saturated rings. The Hall–Kier alpha value is -1.66. The molecule has 0 heterocycles. The number of nitrogens with one attached hydrogen (secondary N) is 1. The minimum Gasteiger partial charge on any atom is -0.383 e. The molecular weight excluding hydrogens is 300 g/mol. The summed E-state index contributed by atoms with van der Waals surface area (Å²) in [5.74, 6) is -0.0192. The molecule has 0 aliphatic rings. The maximum atomic E-state index is 12.0. The van der Waals surface area contributed by atoms with E-state index in [1.807, 2.05) is 37.2 Å². The number of hydrogen-bond donors (Lipinski definition) is 1. The van der Waals surface area contributed by atoms with Crippen molar-refractivity contribution < 1.29 is 13.2 Å². The summed E-state index contributed by atoms with van der Waals surface area (Å²) in [6.07, 6.45) is 6.90. The van der Waals surface area contributed by atoms with Gasteiger partial charge in [0.15, 0.2) is 5.78 Å². The molecule has 22 heavy (non-hydrogen) atoms. The lowest BCUT2D eigenvalue weighted by atomic mass is 10.0. The Kier molecular flexibility index (Phi) is 7.27. The van der Waals surface area contributed by atoms with Crippen LogP contribution in [-0.2, 0) is 16.4 Å². The van der Waals surface area contributed by atoms with E-state index in [0.29, 0.717) is 12.1 Å². The van der Waals surface area contributed by atoms with Gasteiger partial charge in [-0.3, -0.25) is 4.79 Å². The number of sulfonamides is 1. The second-order valence-electron chi connectivity index (χ2n) is 5.47. The lowest BCUT2D eigenvalue weighted by Gasteiger charge is -2.05. The second kappa shape index (κ2) is 8.70. The van der Waals surface area contributed by atoms with Gasteiger partial charge < -0.3 is 4.90 Å². The van der Waals surface area contributed by atoms with E-state index >= 15 is 0 Å². The monoisotopic (exact) mass is 324 g/mol. The highest BCUT2D eigenvalue weighted by Gasteiger charge is 2.04. The molecule has 0 amide bonds. The Bertz CT molecular complexity index is 622. The molecule has 0 radical (unpaired) electrons. The van der Waals surface area contributed by atoms with Crippen LogP contribution in [0.3, 0.4) is 0 Å². The normalized spacial score (nSPS) is 11.8. The minimum absolute atomic E-state index is 0.0192. The number of carbonyl (C=O) groups excluding carboxylic acids is 1. The SMILES string of the molecule is CN(C)C=CC(=O)c1cccc(CCCCNS(C)(=O)=O)c1. The van der Waals surface area contributed by atoms with Gasteiger partial charge in [0.05, 0.1) is 6.26 Å². The number of unbranched alkanes of at least 4 members (excludes halogenated alkanes) is 1. The van der Waals surface area contributed by atoms with Crippen molar-refractivity contribution in [2.24, 2.45) is 0 Å². The van der Waals surface area contributed by atoms with Crippen LogP contribution in [0.5, 0.6) is 0 Å². The largest absolute Gasteiger partial charge is 0.383 e. The van der Waals surface area contributed by atoms with Crippen molar-refractivity contribution in [1.82, 2.24) is 9.62 Å². The molecular formula is C16H24N2O3S. The topological polar surface area (TPSA) is 66.5 Å². The van der Waals surface area contributed by atoms with Crippen LogP contribution in [0.1, 0.15) is 28.8 Å². The number of ketones is 1. The van der Waals surface area contributed by atoms with Gasteiger partial charge >= 0.3 is 0 Å². The summed E-state index contributed by atoms with van der Waals surface area (Å²) in [5.41, 5.74) is 1.76. The Labute approximate surface area is 133 Å². The van der Waals surface area contributed by atoms with Crippen molar-refractivity contribution in [3.8, 4) is 0 Å². The van der Waals surface area contributed by atoms with Gasteiger partial charge in [-0.2, -0.15) is 0 Å². The number of nitrogens with zero attached hydrogens (tertiary/aromatic N) is 1. The van der Waals surface area contributed by atoms with Crippen molar-refractivity contribution in [2.45, 2.75) is 19.3 Å². The molecule has 0 unspecified atom stereocenters. The van der Waals surface area contributed by atoms with Gasteiger partial charge in [0.2, 0.25) is 10.0 Å². The lowest BCUT2D eigenvalue weighted by molar-refractivity contribution is 0.104. The minimum atomic E-state index is -3.11. The summed E-state index contributed by atoms with van der Waals surface area (Å²) < 4.78 is 24.3. The summed E-state index contributed by atoms with van der Waals surface area (Å²) in [7, 11) is 0.625. The number of rotatable bonds is 9. The number of benzene rings is 1. The fraction of sp³-hybridized carbons (Fsp3) is 0.438. The van der Waals surface area contributed by atoms with Crippen molar-refractivity contribution in [1.29, 1.82) is 0 Å². The van der Waals surface area contributed by atoms with E-state index < -0.39 is 10.0 Å². The Morgan fingerprint density at radius 1 is 1.27 bits per heavy atom. The van der Waals surface area contributed by atoms with Gasteiger partial charge in [-0.25, -0.2) is 13.1 Å². The summed E-state index contributed by atoms with van der Waals surface area (Å²) in [5, 5.41) is 0. The number of aryl methyl sites for hydroxylation is 1. The molecule has 0 aliphatic carbocycles. The van der Waals surface area contributed by atoms with Gasteiger partial charge in [-0.15, -0.1) is 0 Å². The highest BCUT2D eigenvalue weighted by Crippen LogP contribution is 2.10. The average Bonchev–Trinajstić information content (AvgIpc) is 2.43. The number of allylic oxidation sites excluding steroid dienone is 1. The molecule has 1 aromatic carbocycles. The summed E-state index contributed by atoms with van der Waals surface area (Å²) in [4.78, 5) is 13.8. The Morgan fingerprint density at radius 2 is 2.00 bits per heavy atom. The predicted octanol–water partition coefficient (Wildman–Crippen LogP) is 1.82. The molecule has 6 heteroatoms. The van der Waals surface area contributed by atoms with E-state index in [2.05, 4.69) is 4.72 Å². The quantitative estimate of drug-likeness (QED) is 0.427. The molecule has 0 saturated carbocycles. The standard InChI is InChI=1S/C16H24N2O3S/c1-18(2)12-10-16(19)15-9-6-8-14(13-15)7-4-5-11-17-22(3,20)21/h6,8-10,12-13,17H,4-5,7,11H2,1-3H3. The van der Waals surface area contributed by atoms with Crippen LogP contribution in [0.2, 0.25) is 0 Å². The van der Waals surface area contributed by atoms with E-state index in [1.54, 1.807) is 18.3 Å². The highest BCUT2D eigenvalue weighted by atomic mass is 32.2. The Balaban J connectivity index is 2.49. The third-order valence-corrected chi connectivity index (χ3v) is 3.72. The van der Waals surface area contributed by atoms with Crippen LogP contribution in [0.15, 0.2) is 36.5 Å². The predicted molar refractivity (Wildman–Crippen MR) is 89.4 cm³/mol. The van der Waals surface area contributed by atoms with Crippen molar-refractivity contribution >= 4 is 15.8 Å². The van der Waals surface area contributed by atoms with Crippen LogP contribution in [0.25, 0.3) is 0 Å². The van der Waals surface area contributed by atoms with Crippen LogP contribution in [0.4, 0.5) is 0 Å². The molecule has 122 valence electrons. The first kappa shape index (κ1) is 18.4.